The Labute approximate surface area is 120 Å². The summed E-state index contributed by atoms with van der Waals surface area (Å²) in [5.41, 5.74) is 0.586. The number of ether oxygens (including phenoxy) is 1. The molecular formula is C16H23NO3. The number of phenolic OH excluding ortho intramolecular Hbond substituents is 1. The second kappa shape index (κ2) is 6.64. The number of aromatic hydroxyl groups is 1. The third-order valence-electron chi connectivity index (χ3n) is 3.96. The fourth-order valence-electron chi connectivity index (χ4n) is 2.82. The molecule has 1 fully saturated rings. The molecule has 1 aromatic carbocycles. The number of unbranched alkanes of at least 4 members (excludes halogenated alkanes) is 1. The third kappa shape index (κ3) is 3.06. The van der Waals surface area contributed by atoms with E-state index in [1.54, 1.807) is 12.1 Å². The lowest BCUT2D eigenvalue weighted by molar-refractivity contribution is 0.0728. The van der Waals surface area contributed by atoms with Crippen molar-refractivity contribution in [2.75, 3.05) is 13.7 Å². The van der Waals surface area contributed by atoms with E-state index in [-0.39, 0.29) is 11.7 Å². The molecule has 0 radical (unpaired) electrons. The molecule has 1 atom stereocenters. The summed E-state index contributed by atoms with van der Waals surface area (Å²) in [6.45, 7) is 3.00. The van der Waals surface area contributed by atoms with Crippen LogP contribution in [-0.4, -0.2) is 35.6 Å². The summed E-state index contributed by atoms with van der Waals surface area (Å²) in [6.07, 6.45) is 5.58. The predicted molar refractivity (Wildman–Crippen MR) is 78.2 cm³/mol. The maximum absolute atomic E-state index is 12.6. The number of benzene rings is 1. The molecule has 0 saturated carbocycles. The van der Waals surface area contributed by atoms with Gasteiger partial charge in [0.2, 0.25) is 0 Å². The molecule has 0 bridgehead atoms. The summed E-state index contributed by atoms with van der Waals surface area (Å²) in [6, 6.07) is 5.16. The van der Waals surface area contributed by atoms with Gasteiger partial charge in [-0.1, -0.05) is 19.8 Å². The van der Waals surface area contributed by atoms with Crippen molar-refractivity contribution in [3.05, 3.63) is 23.8 Å². The first kappa shape index (κ1) is 14.7. The van der Waals surface area contributed by atoms with Crippen molar-refractivity contribution in [1.82, 2.24) is 4.90 Å². The fourth-order valence-corrected chi connectivity index (χ4v) is 2.82. The molecule has 0 unspecified atom stereocenters. The lowest BCUT2D eigenvalue weighted by atomic mass is 10.1. The van der Waals surface area contributed by atoms with Crippen LogP contribution in [0, 0.1) is 0 Å². The third-order valence-corrected chi connectivity index (χ3v) is 3.96. The van der Waals surface area contributed by atoms with E-state index in [0.717, 1.165) is 38.6 Å². The van der Waals surface area contributed by atoms with Gasteiger partial charge in [-0.2, -0.15) is 0 Å². The first-order valence-corrected chi connectivity index (χ1v) is 7.35. The van der Waals surface area contributed by atoms with Gasteiger partial charge in [0, 0.05) is 18.2 Å². The molecule has 110 valence electrons. The van der Waals surface area contributed by atoms with Gasteiger partial charge in [-0.25, -0.2) is 0 Å². The van der Waals surface area contributed by atoms with E-state index in [1.165, 1.54) is 13.2 Å². The van der Waals surface area contributed by atoms with Crippen molar-refractivity contribution < 1.29 is 14.6 Å². The zero-order valence-electron chi connectivity index (χ0n) is 12.3. The van der Waals surface area contributed by atoms with Gasteiger partial charge in [0.25, 0.3) is 5.91 Å². The summed E-state index contributed by atoms with van der Waals surface area (Å²) in [4.78, 5) is 14.6. The Bertz CT molecular complexity index is 473. The number of carbonyl (C=O) groups excluding carboxylic acids is 1. The monoisotopic (exact) mass is 277 g/mol. The number of nitrogens with zero attached hydrogens (tertiary/aromatic N) is 1. The minimum atomic E-state index is 0.0434. The van der Waals surface area contributed by atoms with Crippen LogP contribution < -0.4 is 4.74 Å². The Morgan fingerprint density at radius 1 is 1.50 bits per heavy atom. The Morgan fingerprint density at radius 2 is 2.30 bits per heavy atom. The maximum atomic E-state index is 12.6. The summed E-state index contributed by atoms with van der Waals surface area (Å²) in [5.74, 6) is 0.454. The Morgan fingerprint density at radius 3 is 3.00 bits per heavy atom. The van der Waals surface area contributed by atoms with E-state index in [4.69, 9.17) is 4.74 Å². The number of rotatable bonds is 5. The number of hydrogen-bond acceptors (Lipinski definition) is 3. The maximum Gasteiger partial charge on any atom is 0.254 e. The van der Waals surface area contributed by atoms with E-state index < -0.39 is 0 Å². The molecule has 2 rings (SSSR count). The topological polar surface area (TPSA) is 49.8 Å². The molecule has 1 aliphatic heterocycles. The quantitative estimate of drug-likeness (QED) is 0.899. The van der Waals surface area contributed by atoms with E-state index in [2.05, 4.69) is 6.92 Å². The van der Waals surface area contributed by atoms with Crippen molar-refractivity contribution in [1.29, 1.82) is 0 Å². The molecule has 1 aromatic rings. The highest BCUT2D eigenvalue weighted by molar-refractivity contribution is 5.95. The zero-order chi connectivity index (χ0) is 14.5. The highest BCUT2D eigenvalue weighted by Crippen LogP contribution is 2.29. The van der Waals surface area contributed by atoms with Gasteiger partial charge in [0.05, 0.1) is 7.11 Å². The Hall–Kier alpha value is -1.71. The molecule has 0 aliphatic carbocycles. The molecule has 4 heteroatoms. The summed E-state index contributed by atoms with van der Waals surface area (Å²) < 4.78 is 5.07. The number of amides is 1. The van der Waals surface area contributed by atoms with Crippen LogP contribution in [0.2, 0.25) is 0 Å². The van der Waals surface area contributed by atoms with Crippen LogP contribution in [0.3, 0.4) is 0 Å². The highest BCUT2D eigenvalue weighted by atomic mass is 16.5. The average molecular weight is 277 g/mol. The Kier molecular flexibility index (Phi) is 4.88. The molecule has 1 aliphatic rings. The number of likely N-dealkylation sites (tertiary alicyclic amines) is 1. The standard InChI is InChI=1S/C16H23NO3/c1-3-4-6-13-7-5-10-17(13)16(19)12-8-9-14(18)15(11-12)20-2/h8-9,11,13,18H,3-7,10H2,1-2H3/t13-/m0/s1. The van der Waals surface area contributed by atoms with Gasteiger partial charge in [-0.3, -0.25) is 4.79 Å². The Balaban J connectivity index is 2.13. The van der Waals surface area contributed by atoms with Crippen LogP contribution in [0.1, 0.15) is 49.4 Å². The predicted octanol–water partition coefficient (Wildman–Crippen LogP) is 3.20. The van der Waals surface area contributed by atoms with Gasteiger partial charge in [0.1, 0.15) is 0 Å². The molecule has 0 spiro atoms. The molecule has 1 N–H and O–H groups in total. The smallest absolute Gasteiger partial charge is 0.254 e. The van der Waals surface area contributed by atoms with Crippen molar-refractivity contribution in [2.24, 2.45) is 0 Å². The highest BCUT2D eigenvalue weighted by Gasteiger charge is 2.29. The summed E-state index contributed by atoms with van der Waals surface area (Å²) >= 11 is 0. The number of methoxy groups -OCH3 is 1. The number of phenols is 1. The minimum Gasteiger partial charge on any atom is -0.504 e. The van der Waals surface area contributed by atoms with Crippen molar-refractivity contribution in [3.8, 4) is 11.5 Å². The van der Waals surface area contributed by atoms with Crippen LogP contribution in [0.25, 0.3) is 0 Å². The molecule has 1 amide bonds. The van der Waals surface area contributed by atoms with E-state index in [9.17, 15) is 9.90 Å². The normalized spacial score (nSPS) is 18.3. The summed E-state index contributed by atoms with van der Waals surface area (Å²) in [5, 5.41) is 9.60. The van der Waals surface area contributed by atoms with Gasteiger partial charge >= 0.3 is 0 Å². The lowest BCUT2D eigenvalue weighted by Crippen LogP contribution is -2.35. The van der Waals surface area contributed by atoms with Gasteiger partial charge in [0.15, 0.2) is 11.5 Å². The van der Waals surface area contributed by atoms with Gasteiger partial charge in [-0.15, -0.1) is 0 Å². The molecule has 0 aromatic heterocycles. The number of carbonyl (C=O) groups is 1. The second-order valence-corrected chi connectivity index (χ2v) is 5.32. The molecule has 1 saturated heterocycles. The van der Waals surface area contributed by atoms with Crippen molar-refractivity contribution >= 4 is 5.91 Å². The zero-order valence-corrected chi connectivity index (χ0v) is 12.3. The van der Waals surface area contributed by atoms with Crippen molar-refractivity contribution in [2.45, 2.75) is 45.1 Å². The van der Waals surface area contributed by atoms with Crippen LogP contribution in [-0.2, 0) is 0 Å². The van der Waals surface area contributed by atoms with Crippen LogP contribution >= 0.6 is 0 Å². The molecule has 1 heterocycles. The molecular weight excluding hydrogens is 254 g/mol. The van der Waals surface area contributed by atoms with Crippen molar-refractivity contribution in [3.63, 3.8) is 0 Å². The van der Waals surface area contributed by atoms with E-state index >= 15 is 0 Å². The lowest BCUT2D eigenvalue weighted by Gasteiger charge is -2.25. The van der Waals surface area contributed by atoms with Gasteiger partial charge < -0.3 is 14.7 Å². The van der Waals surface area contributed by atoms with Crippen LogP contribution in [0.4, 0.5) is 0 Å². The minimum absolute atomic E-state index is 0.0434. The molecule has 4 nitrogen and oxygen atoms in total. The van der Waals surface area contributed by atoms with Crippen LogP contribution in [0.15, 0.2) is 18.2 Å². The first-order chi connectivity index (χ1) is 9.67. The summed E-state index contributed by atoms with van der Waals surface area (Å²) in [7, 11) is 1.49. The average Bonchev–Trinajstić information content (AvgIpc) is 2.93. The van der Waals surface area contributed by atoms with E-state index in [0.29, 0.717) is 17.4 Å². The van der Waals surface area contributed by atoms with E-state index in [1.807, 2.05) is 4.90 Å². The SMILES string of the molecule is CCCC[C@H]1CCCN1C(=O)c1ccc(O)c(OC)c1. The number of hydrogen-bond donors (Lipinski definition) is 1. The first-order valence-electron chi connectivity index (χ1n) is 7.35. The fraction of sp³-hybridized carbons (Fsp3) is 0.562. The second-order valence-electron chi connectivity index (χ2n) is 5.32. The molecule has 20 heavy (non-hydrogen) atoms. The van der Waals surface area contributed by atoms with Gasteiger partial charge in [-0.05, 0) is 37.5 Å². The van der Waals surface area contributed by atoms with Crippen LogP contribution in [0.5, 0.6) is 11.5 Å². The largest absolute Gasteiger partial charge is 0.504 e.